The van der Waals surface area contributed by atoms with Crippen molar-refractivity contribution in [3.63, 3.8) is 0 Å². The van der Waals surface area contributed by atoms with Gasteiger partial charge in [-0.2, -0.15) is 0 Å². The van der Waals surface area contributed by atoms with Crippen LogP contribution in [-0.4, -0.2) is 46.1 Å². The number of aryl methyl sites for hydroxylation is 2. The number of thioether (sulfide) groups is 1. The van der Waals surface area contributed by atoms with Crippen molar-refractivity contribution >= 4 is 23.6 Å². The van der Waals surface area contributed by atoms with E-state index in [0.717, 1.165) is 49.2 Å². The van der Waals surface area contributed by atoms with Gasteiger partial charge < -0.3 is 14.2 Å². The Morgan fingerprint density at radius 1 is 1.34 bits per heavy atom. The van der Waals surface area contributed by atoms with Crippen LogP contribution in [-0.2, 0) is 15.3 Å². The first-order valence-corrected chi connectivity index (χ1v) is 11.0. The molecule has 2 aromatic rings. The summed E-state index contributed by atoms with van der Waals surface area (Å²) in [5, 5.41) is 4.51. The number of amides is 1. The van der Waals surface area contributed by atoms with Crippen molar-refractivity contribution in [2.45, 2.75) is 63.3 Å². The summed E-state index contributed by atoms with van der Waals surface area (Å²) in [6.45, 7) is 6.33. The van der Waals surface area contributed by atoms with E-state index < -0.39 is 5.97 Å². The summed E-state index contributed by atoms with van der Waals surface area (Å²) in [7, 11) is 0. The summed E-state index contributed by atoms with van der Waals surface area (Å²) in [5.74, 6) is 0.688. The van der Waals surface area contributed by atoms with E-state index in [1.807, 2.05) is 18.7 Å². The highest BCUT2D eigenvalue weighted by molar-refractivity contribution is 7.98. The number of hydrogen-bond donors (Lipinski definition) is 0. The molecular formula is C21H27N3O4S. The van der Waals surface area contributed by atoms with Crippen LogP contribution < -0.4 is 0 Å². The molecule has 0 aliphatic carbocycles. The number of nitrogens with zero attached hydrogens (tertiary/aromatic N) is 3. The number of aromatic nitrogens is 2. The summed E-state index contributed by atoms with van der Waals surface area (Å²) in [6.07, 6.45) is 5.72. The summed E-state index contributed by atoms with van der Waals surface area (Å²) in [4.78, 5) is 31.3. The predicted octanol–water partition coefficient (Wildman–Crippen LogP) is 3.93. The zero-order chi connectivity index (χ0) is 20.8. The largest absolute Gasteiger partial charge is 0.452 e. The number of piperidine rings is 1. The van der Waals surface area contributed by atoms with E-state index in [0.29, 0.717) is 16.3 Å². The number of carbonyl (C=O) groups excluding carboxylic acids is 2. The lowest BCUT2D eigenvalue weighted by molar-refractivity contribution is -0.138. The lowest BCUT2D eigenvalue weighted by Gasteiger charge is -2.35. The highest BCUT2D eigenvalue weighted by Gasteiger charge is 2.26. The van der Waals surface area contributed by atoms with Gasteiger partial charge in [-0.15, -0.1) is 11.8 Å². The number of carbonyl (C=O) groups is 2. The molecule has 0 saturated carbocycles. The maximum atomic E-state index is 12.6. The van der Waals surface area contributed by atoms with Crippen molar-refractivity contribution in [3.8, 4) is 0 Å². The van der Waals surface area contributed by atoms with E-state index >= 15 is 0 Å². The lowest BCUT2D eigenvalue weighted by atomic mass is 10.00. The molecule has 1 amide bonds. The highest BCUT2D eigenvalue weighted by Crippen LogP contribution is 2.27. The van der Waals surface area contributed by atoms with Crippen LogP contribution >= 0.6 is 11.8 Å². The molecule has 0 bridgehead atoms. The van der Waals surface area contributed by atoms with E-state index in [4.69, 9.17) is 9.26 Å². The molecule has 1 aliphatic rings. The van der Waals surface area contributed by atoms with Gasteiger partial charge in [-0.3, -0.25) is 4.79 Å². The zero-order valence-electron chi connectivity index (χ0n) is 17.1. The number of hydrogen-bond acceptors (Lipinski definition) is 7. The van der Waals surface area contributed by atoms with Crippen molar-refractivity contribution < 1.29 is 18.8 Å². The second-order valence-corrected chi connectivity index (χ2v) is 8.13. The van der Waals surface area contributed by atoms with Gasteiger partial charge in [0.25, 0.3) is 5.91 Å². The normalized spacial score (nSPS) is 16.7. The van der Waals surface area contributed by atoms with E-state index in [2.05, 4.69) is 17.1 Å². The van der Waals surface area contributed by atoms with E-state index in [9.17, 15) is 9.59 Å². The van der Waals surface area contributed by atoms with Crippen LogP contribution in [0.2, 0.25) is 0 Å². The van der Waals surface area contributed by atoms with E-state index in [1.54, 1.807) is 18.3 Å². The number of ether oxygens (including phenoxy) is 1. The van der Waals surface area contributed by atoms with Crippen molar-refractivity contribution in [3.05, 3.63) is 40.9 Å². The van der Waals surface area contributed by atoms with Gasteiger partial charge in [-0.05, 0) is 51.7 Å². The lowest BCUT2D eigenvalue weighted by Crippen LogP contribution is -2.45. The van der Waals surface area contributed by atoms with E-state index in [1.165, 1.54) is 11.8 Å². The van der Waals surface area contributed by atoms with Gasteiger partial charge >= 0.3 is 5.97 Å². The summed E-state index contributed by atoms with van der Waals surface area (Å²) < 4.78 is 10.5. The molecule has 7 nitrogen and oxygen atoms in total. The molecule has 156 valence electrons. The van der Waals surface area contributed by atoms with Crippen LogP contribution in [0.5, 0.6) is 0 Å². The summed E-state index contributed by atoms with van der Waals surface area (Å²) in [6, 6.07) is 3.61. The monoisotopic (exact) mass is 417 g/mol. The Bertz CT molecular complexity index is 848. The molecule has 1 atom stereocenters. The summed E-state index contributed by atoms with van der Waals surface area (Å²) in [5.41, 5.74) is 2.18. The number of rotatable bonds is 7. The van der Waals surface area contributed by atoms with Crippen molar-refractivity contribution in [1.82, 2.24) is 15.0 Å². The first-order chi connectivity index (χ1) is 14.0. The molecule has 0 spiro atoms. The topological polar surface area (TPSA) is 85.5 Å². The molecule has 3 heterocycles. The fourth-order valence-electron chi connectivity index (χ4n) is 3.55. The molecule has 0 radical (unpaired) electrons. The standard InChI is InChI=1S/C21H27N3O4S/c1-4-16-8-5-6-11-24(16)19(25)12-27-21(26)17-9-7-10-22-20(17)29-13-18-14(2)23-28-15(18)3/h7,9-10,16H,4-6,8,11-13H2,1-3H3. The maximum absolute atomic E-state index is 12.6. The molecule has 0 N–H and O–H groups in total. The van der Waals surface area contributed by atoms with Gasteiger partial charge in [0.15, 0.2) is 6.61 Å². The van der Waals surface area contributed by atoms with Gasteiger partial charge in [-0.1, -0.05) is 12.1 Å². The molecule has 29 heavy (non-hydrogen) atoms. The van der Waals surface area contributed by atoms with Crippen LogP contribution in [0.25, 0.3) is 0 Å². The van der Waals surface area contributed by atoms with Gasteiger partial charge in [0.05, 0.1) is 11.3 Å². The number of esters is 1. The molecule has 2 aromatic heterocycles. The average molecular weight is 418 g/mol. The molecule has 8 heteroatoms. The third kappa shape index (κ3) is 5.18. The Morgan fingerprint density at radius 2 is 2.17 bits per heavy atom. The van der Waals surface area contributed by atoms with Crippen LogP contribution in [0.15, 0.2) is 27.9 Å². The molecule has 1 fully saturated rings. The molecule has 1 saturated heterocycles. The Labute approximate surface area is 175 Å². The third-order valence-corrected chi connectivity index (χ3v) is 6.30. The third-order valence-electron chi connectivity index (χ3n) is 5.27. The minimum absolute atomic E-state index is 0.126. The van der Waals surface area contributed by atoms with Gasteiger partial charge in [0.1, 0.15) is 10.8 Å². The minimum Gasteiger partial charge on any atom is -0.452 e. The van der Waals surface area contributed by atoms with Gasteiger partial charge in [0.2, 0.25) is 0 Å². The van der Waals surface area contributed by atoms with Crippen molar-refractivity contribution in [2.24, 2.45) is 0 Å². The quantitative estimate of drug-likeness (QED) is 0.498. The van der Waals surface area contributed by atoms with Crippen LogP contribution in [0, 0.1) is 13.8 Å². The molecule has 1 unspecified atom stereocenters. The number of pyridine rings is 1. The molecule has 0 aromatic carbocycles. The SMILES string of the molecule is CCC1CCCCN1C(=O)COC(=O)c1cccnc1SCc1c(C)noc1C. The first-order valence-electron chi connectivity index (χ1n) is 9.97. The summed E-state index contributed by atoms with van der Waals surface area (Å²) >= 11 is 1.42. The van der Waals surface area contributed by atoms with Crippen molar-refractivity contribution in [2.75, 3.05) is 13.2 Å². The second-order valence-electron chi connectivity index (χ2n) is 7.17. The Kier molecular flexibility index (Phi) is 7.30. The maximum Gasteiger partial charge on any atom is 0.341 e. The Hall–Kier alpha value is -2.35. The van der Waals surface area contributed by atoms with Gasteiger partial charge in [0, 0.05) is 30.1 Å². The molecular weight excluding hydrogens is 390 g/mol. The Balaban J connectivity index is 1.61. The highest BCUT2D eigenvalue weighted by atomic mass is 32.2. The fourth-order valence-corrected chi connectivity index (χ4v) is 4.69. The fraction of sp³-hybridized carbons (Fsp3) is 0.524. The van der Waals surface area contributed by atoms with E-state index in [-0.39, 0.29) is 18.6 Å². The smallest absolute Gasteiger partial charge is 0.341 e. The second kappa shape index (κ2) is 9.91. The molecule has 1 aliphatic heterocycles. The minimum atomic E-state index is -0.530. The van der Waals surface area contributed by atoms with Crippen LogP contribution in [0.3, 0.4) is 0 Å². The van der Waals surface area contributed by atoms with Gasteiger partial charge in [-0.25, -0.2) is 9.78 Å². The van der Waals surface area contributed by atoms with Crippen molar-refractivity contribution in [1.29, 1.82) is 0 Å². The van der Waals surface area contributed by atoms with Crippen LogP contribution in [0.1, 0.15) is 60.0 Å². The first kappa shape index (κ1) is 21.4. The Morgan fingerprint density at radius 3 is 2.90 bits per heavy atom. The number of likely N-dealkylation sites (tertiary alicyclic amines) is 1. The zero-order valence-corrected chi connectivity index (χ0v) is 18.0. The average Bonchev–Trinajstić information content (AvgIpc) is 3.07. The predicted molar refractivity (Wildman–Crippen MR) is 110 cm³/mol. The van der Waals surface area contributed by atoms with Crippen LogP contribution in [0.4, 0.5) is 0 Å². The molecule has 3 rings (SSSR count).